The number of carboxylic acid groups (broad SMARTS) is 1. The molecule has 0 radical (unpaired) electrons. The summed E-state index contributed by atoms with van der Waals surface area (Å²) < 4.78 is 0. The molecule has 3 nitrogen and oxygen atoms in total. The molecule has 1 unspecified atom stereocenters. The van der Waals surface area contributed by atoms with Crippen LogP contribution in [-0.2, 0) is 11.2 Å². The summed E-state index contributed by atoms with van der Waals surface area (Å²) in [5, 5.41) is 12.9. The molecule has 1 aromatic carbocycles. The van der Waals surface area contributed by atoms with Gasteiger partial charge in [-0.2, -0.15) is 0 Å². The van der Waals surface area contributed by atoms with Gasteiger partial charge in [-0.25, -0.2) is 0 Å². The Bertz CT molecular complexity index is 485. The summed E-state index contributed by atoms with van der Waals surface area (Å²) in [6.07, 6.45) is 1.89. The van der Waals surface area contributed by atoms with Crippen LogP contribution in [0.15, 0.2) is 18.2 Å². The molecule has 0 aliphatic heterocycles. The summed E-state index contributed by atoms with van der Waals surface area (Å²) in [6.45, 7) is 5.18. The van der Waals surface area contributed by atoms with Crippen LogP contribution in [-0.4, -0.2) is 17.6 Å². The van der Waals surface area contributed by atoms with Crippen LogP contribution in [0.4, 0.5) is 0 Å². The number of benzene rings is 1. The minimum atomic E-state index is -0.740. The van der Waals surface area contributed by atoms with Crippen molar-refractivity contribution in [2.75, 3.05) is 6.54 Å². The van der Waals surface area contributed by atoms with Gasteiger partial charge in [0.1, 0.15) is 0 Å². The first-order valence-electron chi connectivity index (χ1n) is 6.63. The molecular weight excluding hydrogens is 262 g/mol. The molecule has 0 bridgehead atoms. The number of rotatable bonds is 5. The minimum Gasteiger partial charge on any atom is -0.481 e. The van der Waals surface area contributed by atoms with Gasteiger partial charge in [0, 0.05) is 17.5 Å². The lowest BCUT2D eigenvalue weighted by Gasteiger charge is -2.28. The maximum absolute atomic E-state index is 10.5. The van der Waals surface area contributed by atoms with Gasteiger partial charge < -0.3 is 10.4 Å². The van der Waals surface area contributed by atoms with E-state index in [2.05, 4.69) is 25.2 Å². The summed E-state index contributed by atoms with van der Waals surface area (Å²) in [4.78, 5) is 10.5. The average Bonchev–Trinajstić information content (AvgIpc) is 2.55. The molecule has 0 aromatic heterocycles. The number of nitrogens with one attached hydrogen (secondary N) is 1. The molecule has 0 amide bonds. The molecule has 2 N–H and O–H groups in total. The predicted octanol–water partition coefficient (Wildman–Crippen LogP) is 3.42. The lowest BCUT2D eigenvalue weighted by Crippen LogP contribution is -2.32. The highest BCUT2D eigenvalue weighted by Crippen LogP contribution is 2.45. The SMILES string of the molecule is CC1(C)Cc2ccc(Cl)cc2C1NCCCC(=O)O. The first-order chi connectivity index (χ1) is 8.90. The second-order valence-electron chi connectivity index (χ2n) is 5.89. The van der Waals surface area contributed by atoms with Gasteiger partial charge in [0.05, 0.1) is 0 Å². The van der Waals surface area contributed by atoms with Crippen LogP contribution in [0.2, 0.25) is 5.02 Å². The number of fused-ring (bicyclic) bond motifs is 1. The summed E-state index contributed by atoms with van der Waals surface area (Å²) in [5.74, 6) is -0.740. The number of hydrogen-bond acceptors (Lipinski definition) is 2. The van der Waals surface area contributed by atoms with Crippen LogP contribution in [0.3, 0.4) is 0 Å². The summed E-state index contributed by atoms with van der Waals surface area (Å²) >= 11 is 6.08. The van der Waals surface area contributed by atoms with Crippen molar-refractivity contribution in [1.82, 2.24) is 5.32 Å². The van der Waals surface area contributed by atoms with Gasteiger partial charge in [0.2, 0.25) is 0 Å². The maximum atomic E-state index is 10.5. The van der Waals surface area contributed by atoms with E-state index in [9.17, 15) is 4.79 Å². The molecular formula is C15H20ClNO2. The molecule has 0 fully saturated rings. The molecule has 0 heterocycles. The van der Waals surface area contributed by atoms with Crippen molar-refractivity contribution >= 4 is 17.6 Å². The zero-order chi connectivity index (χ0) is 14.0. The van der Waals surface area contributed by atoms with E-state index in [0.717, 1.165) is 11.4 Å². The molecule has 1 aromatic rings. The maximum Gasteiger partial charge on any atom is 0.303 e. The average molecular weight is 282 g/mol. The van der Waals surface area contributed by atoms with Crippen LogP contribution in [0.5, 0.6) is 0 Å². The number of aliphatic carboxylic acids is 1. The van der Waals surface area contributed by atoms with Crippen LogP contribution in [0.1, 0.15) is 43.9 Å². The van der Waals surface area contributed by atoms with E-state index in [4.69, 9.17) is 16.7 Å². The fraction of sp³-hybridized carbons (Fsp3) is 0.533. The predicted molar refractivity (Wildman–Crippen MR) is 76.6 cm³/mol. The largest absolute Gasteiger partial charge is 0.481 e. The monoisotopic (exact) mass is 281 g/mol. The molecule has 1 aliphatic carbocycles. The first kappa shape index (κ1) is 14.4. The van der Waals surface area contributed by atoms with E-state index in [1.165, 1.54) is 11.1 Å². The van der Waals surface area contributed by atoms with Crippen LogP contribution < -0.4 is 5.32 Å². The fourth-order valence-electron chi connectivity index (χ4n) is 2.88. The Morgan fingerprint density at radius 1 is 1.53 bits per heavy atom. The van der Waals surface area contributed by atoms with E-state index in [0.29, 0.717) is 13.0 Å². The van der Waals surface area contributed by atoms with E-state index < -0.39 is 5.97 Å². The second-order valence-corrected chi connectivity index (χ2v) is 6.33. The lowest BCUT2D eigenvalue weighted by atomic mass is 9.85. The number of carbonyl (C=O) groups is 1. The molecule has 4 heteroatoms. The molecule has 2 rings (SSSR count). The highest BCUT2D eigenvalue weighted by Gasteiger charge is 2.38. The Kier molecular flexibility index (Phi) is 4.16. The summed E-state index contributed by atoms with van der Waals surface area (Å²) in [5.41, 5.74) is 2.73. The van der Waals surface area contributed by atoms with E-state index in [1.807, 2.05) is 12.1 Å². The normalized spacial score (nSPS) is 20.3. The van der Waals surface area contributed by atoms with Crippen molar-refractivity contribution in [2.45, 2.75) is 39.2 Å². The standard InChI is InChI=1S/C15H20ClNO2/c1-15(2)9-10-5-6-11(16)8-12(10)14(15)17-7-3-4-13(18)19/h5-6,8,14,17H,3-4,7,9H2,1-2H3,(H,18,19). The molecule has 104 valence electrons. The van der Waals surface area contributed by atoms with Crippen molar-refractivity contribution in [2.24, 2.45) is 5.41 Å². The zero-order valence-electron chi connectivity index (χ0n) is 11.4. The van der Waals surface area contributed by atoms with E-state index >= 15 is 0 Å². The number of halogens is 1. The van der Waals surface area contributed by atoms with Gasteiger partial charge in [-0.15, -0.1) is 0 Å². The molecule has 0 saturated carbocycles. The Labute approximate surface area is 119 Å². The quantitative estimate of drug-likeness (QED) is 0.813. The summed E-state index contributed by atoms with van der Waals surface area (Å²) in [7, 11) is 0. The Hall–Kier alpha value is -1.06. The van der Waals surface area contributed by atoms with Crippen molar-refractivity contribution in [3.63, 3.8) is 0 Å². The topological polar surface area (TPSA) is 49.3 Å². The van der Waals surface area contributed by atoms with Crippen molar-refractivity contribution in [3.8, 4) is 0 Å². The number of carboxylic acids is 1. The third-order valence-corrected chi connectivity index (χ3v) is 4.00. The van der Waals surface area contributed by atoms with E-state index in [-0.39, 0.29) is 17.9 Å². The van der Waals surface area contributed by atoms with Crippen molar-refractivity contribution in [3.05, 3.63) is 34.3 Å². The van der Waals surface area contributed by atoms with Crippen LogP contribution in [0.25, 0.3) is 0 Å². The van der Waals surface area contributed by atoms with Crippen LogP contribution in [0, 0.1) is 5.41 Å². The molecule has 1 atom stereocenters. The van der Waals surface area contributed by atoms with Gasteiger partial charge in [-0.05, 0) is 48.1 Å². The zero-order valence-corrected chi connectivity index (χ0v) is 12.1. The molecule has 0 spiro atoms. The third kappa shape index (κ3) is 3.28. The van der Waals surface area contributed by atoms with Crippen molar-refractivity contribution < 1.29 is 9.90 Å². The van der Waals surface area contributed by atoms with Gasteiger partial charge in [0.15, 0.2) is 0 Å². The summed E-state index contributed by atoms with van der Waals surface area (Å²) in [6, 6.07) is 6.30. The van der Waals surface area contributed by atoms with Crippen molar-refractivity contribution in [1.29, 1.82) is 0 Å². The van der Waals surface area contributed by atoms with Gasteiger partial charge in [-0.3, -0.25) is 4.79 Å². The Morgan fingerprint density at radius 3 is 2.95 bits per heavy atom. The minimum absolute atomic E-state index is 0.135. The Morgan fingerprint density at radius 2 is 2.26 bits per heavy atom. The number of hydrogen-bond donors (Lipinski definition) is 2. The second kappa shape index (κ2) is 5.51. The Balaban J connectivity index is 2.06. The third-order valence-electron chi connectivity index (χ3n) is 3.76. The molecule has 19 heavy (non-hydrogen) atoms. The molecule has 0 saturated heterocycles. The van der Waals surface area contributed by atoms with E-state index in [1.54, 1.807) is 0 Å². The fourth-order valence-corrected chi connectivity index (χ4v) is 3.06. The van der Waals surface area contributed by atoms with Crippen LogP contribution >= 0.6 is 11.6 Å². The highest BCUT2D eigenvalue weighted by atomic mass is 35.5. The highest BCUT2D eigenvalue weighted by molar-refractivity contribution is 6.30. The smallest absolute Gasteiger partial charge is 0.303 e. The van der Waals surface area contributed by atoms with Gasteiger partial charge >= 0.3 is 5.97 Å². The van der Waals surface area contributed by atoms with Gasteiger partial charge in [-0.1, -0.05) is 31.5 Å². The lowest BCUT2D eigenvalue weighted by molar-refractivity contribution is -0.137. The van der Waals surface area contributed by atoms with Gasteiger partial charge in [0.25, 0.3) is 0 Å². The molecule has 1 aliphatic rings. The first-order valence-corrected chi connectivity index (χ1v) is 7.01.